The van der Waals surface area contributed by atoms with E-state index in [9.17, 15) is 0 Å². The van der Waals surface area contributed by atoms with Gasteiger partial charge in [-0.15, -0.1) is 0 Å². The lowest BCUT2D eigenvalue weighted by atomic mass is 9.34. The number of benzene rings is 9. The molecule has 13 rings (SSSR count). The molecule has 4 heterocycles. The number of aromatic nitrogens is 2. The normalized spacial score (nSPS) is 12.3. The predicted molar refractivity (Wildman–Crippen MR) is 296 cm³/mol. The quantitative estimate of drug-likeness (QED) is 0.114. The van der Waals surface area contributed by atoms with E-state index in [0.717, 1.165) is 48.9 Å². The van der Waals surface area contributed by atoms with E-state index < -0.39 is 0 Å². The molecule has 0 amide bonds. The SMILES string of the molecule is CCN(CC)c1cc2c(N(c3ccccc3)c3ccc4ccccc4c3)ccc3c2n1-c1cccc2c1B3c1ccc(N(c3ccccc3)c3ccc4ccccc4c3)c3cc(N(CC)CC)n-2c13. The molecule has 7 heteroatoms. The summed E-state index contributed by atoms with van der Waals surface area (Å²) in [6.07, 6.45) is 0. The molecule has 11 aromatic rings. The maximum atomic E-state index is 2.61. The average Bonchev–Trinajstić information content (AvgIpc) is 4.00. The van der Waals surface area contributed by atoms with Crippen molar-refractivity contribution in [2.75, 3.05) is 45.8 Å². The van der Waals surface area contributed by atoms with E-state index in [-0.39, 0.29) is 6.71 Å². The number of hydrogen-bond donors (Lipinski definition) is 0. The van der Waals surface area contributed by atoms with Crippen molar-refractivity contribution in [2.24, 2.45) is 0 Å². The molecule has 334 valence electrons. The van der Waals surface area contributed by atoms with Crippen LogP contribution in [0.5, 0.6) is 0 Å². The first-order chi connectivity index (χ1) is 34.1. The summed E-state index contributed by atoms with van der Waals surface area (Å²) in [7, 11) is 0. The molecule has 69 heavy (non-hydrogen) atoms. The van der Waals surface area contributed by atoms with Gasteiger partial charge in [-0.3, -0.25) is 9.13 Å². The Morgan fingerprint density at radius 2 is 0.768 bits per heavy atom. The standard InChI is InChI=1S/C62H53BN6/c1-5-64(6-2)58-40-50-54(66(46-24-11-9-12-25-46)48-32-30-42-20-15-17-22-44(42)38-48)36-34-52-61(50)68(58)56-28-19-29-57-60(56)63(52)53-35-37-55(51-41-59(65(7-3)8-4)69(57)62(51)53)67(47-26-13-10-14-27-47)49-33-31-43-21-16-18-23-45(43)39-49/h9-41H,5-8H2,1-4H3. The van der Waals surface area contributed by atoms with Crippen molar-refractivity contribution >= 4 is 112 Å². The fourth-order valence-electron chi connectivity index (χ4n) is 11.9. The van der Waals surface area contributed by atoms with Gasteiger partial charge in [0.2, 0.25) is 0 Å². The van der Waals surface area contributed by atoms with Gasteiger partial charge < -0.3 is 19.6 Å². The van der Waals surface area contributed by atoms with Crippen LogP contribution in [0.4, 0.5) is 45.8 Å². The van der Waals surface area contributed by atoms with Crippen molar-refractivity contribution in [1.29, 1.82) is 0 Å². The number of para-hydroxylation sites is 2. The Kier molecular flexibility index (Phi) is 9.69. The smallest absolute Gasteiger partial charge is 0.252 e. The van der Waals surface area contributed by atoms with E-state index >= 15 is 0 Å². The van der Waals surface area contributed by atoms with Crippen molar-refractivity contribution in [3.05, 3.63) is 200 Å². The molecular formula is C62H53BN6. The second-order valence-corrected chi connectivity index (χ2v) is 18.4. The summed E-state index contributed by atoms with van der Waals surface area (Å²) in [6, 6.07) is 74.6. The molecule has 0 bridgehead atoms. The minimum absolute atomic E-state index is 0.0000977. The molecule has 0 radical (unpaired) electrons. The molecule has 2 aliphatic rings. The number of fused-ring (bicyclic) bond motifs is 6. The highest BCUT2D eigenvalue weighted by Crippen LogP contribution is 2.47. The lowest BCUT2D eigenvalue weighted by Gasteiger charge is -2.37. The van der Waals surface area contributed by atoms with Gasteiger partial charge in [0.15, 0.2) is 0 Å². The molecule has 0 fully saturated rings. The summed E-state index contributed by atoms with van der Waals surface area (Å²) >= 11 is 0. The average molecular weight is 893 g/mol. The summed E-state index contributed by atoms with van der Waals surface area (Å²) in [4.78, 5) is 9.99. The third-order valence-electron chi connectivity index (χ3n) is 15.0. The van der Waals surface area contributed by atoms with E-state index in [2.05, 4.69) is 257 Å². The minimum atomic E-state index is -0.0000977. The zero-order valence-electron chi connectivity index (χ0n) is 39.6. The number of nitrogens with zero attached hydrogens (tertiary/aromatic N) is 6. The molecule has 0 unspecified atom stereocenters. The van der Waals surface area contributed by atoms with Crippen molar-refractivity contribution in [3.8, 4) is 11.4 Å². The van der Waals surface area contributed by atoms with E-state index in [1.54, 1.807) is 0 Å². The monoisotopic (exact) mass is 892 g/mol. The molecule has 0 N–H and O–H groups in total. The Labute approximate surface area is 404 Å². The maximum absolute atomic E-state index is 2.61. The zero-order chi connectivity index (χ0) is 46.3. The highest BCUT2D eigenvalue weighted by molar-refractivity contribution is 7.00. The van der Waals surface area contributed by atoms with E-state index in [1.807, 2.05) is 0 Å². The van der Waals surface area contributed by atoms with Crippen LogP contribution in [0.25, 0.3) is 54.7 Å². The second-order valence-electron chi connectivity index (χ2n) is 18.4. The van der Waals surface area contributed by atoms with Crippen molar-refractivity contribution in [3.63, 3.8) is 0 Å². The van der Waals surface area contributed by atoms with Crippen LogP contribution in [0.2, 0.25) is 0 Å². The summed E-state index contributed by atoms with van der Waals surface area (Å²) in [5.41, 5.74) is 15.9. The van der Waals surface area contributed by atoms with Crippen LogP contribution in [0.15, 0.2) is 200 Å². The van der Waals surface area contributed by atoms with Crippen LogP contribution in [0, 0.1) is 0 Å². The van der Waals surface area contributed by atoms with Gasteiger partial charge in [0.1, 0.15) is 11.6 Å². The highest BCUT2D eigenvalue weighted by atomic mass is 15.3. The summed E-state index contributed by atoms with van der Waals surface area (Å²) in [5, 5.41) is 7.40. The molecule has 0 atom stereocenters. The summed E-state index contributed by atoms with van der Waals surface area (Å²) < 4.78 is 5.21. The fourth-order valence-corrected chi connectivity index (χ4v) is 11.9. The molecule has 2 aromatic heterocycles. The number of anilines is 8. The first-order valence-electron chi connectivity index (χ1n) is 24.8. The van der Waals surface area contributed by atoms with E-state index in [1.165, 1.54) is 94.1 Å². The van der Waals surface area contributed by atoms with Crippen LogP contribution < -0.4 is 36.0 Å². The Morgan fingerprint density at radius 1 is 0.362 bits per heavy atom. The van der Waals surface area contributed by atoms with Crippen LogP contribution in [0.3, 0.4) is 0 Å². The molecule has 9 aromatic carbocycles. The largest absolute Gasteiger partial charge is 0.358 e. The maximum Gasteiger partial charge on any atom is 0.252 e. The van der Waals surface area contributed by atoms with Crippen molar-refractivity contribution in [1.82, 2.24) is 9.13 Å². The lowest BCUT2D eigenvalue weighted by Crippen LogP contribution is -2.59. The van der Waals surface area contributed by atoms with Crippen LogP contribution >= 0.6 is 0 Å². The van der Waals surface area contributed by atoms with Gasteiger partial charge in [0.25, 0.3) is 6.71 Å². The van der Waals surface area contributed by atoms with Gasteiger partial charge in [-0.2, -0.15) is 0 Å². The van der Waals surface area contributed by atoms with Gasteiger partial charge in [0.05, 0.1) is 22.4 Å². The number of rotatable bonds is 12. The fraction of sp³-hybridized carbons (Fsp3) is 0.129. The Hall–Kier alpha value is -8.16. The number of hydrogen-bond acceptors (Lipinski definition) is 4. The van der Waals surface area contributed by atoms with Gasteiger partial charge in [0, 0.05) is 71.1 Å². The molecule has 0 spiro atoms. The first kappa shape index (κ1) is 41.1. The molecular weight excluding hydrogens is 840 g/mol. The van der Waals surface area contributed by atoms with E-state index in [4.69, 9.17) is 0 Å². The Bertz CT molecular complexity index is 3530. The Balaban J connectivity index is 1.10. The van der Waals surface area contributed by atoms with Crippen LogP contribution in [0.1, 0.15) is 27.7 Å². The third kappa shape index (κ3) is 6.19. The highest BCUT2D eigenvalue weighted by Gasteiger charge is 2.42. The minimum Gasteiger partial charge on any atom is -0.358 e. The van der Waals surface area contributed by atoms with Crippen LogP contribution in [-0.4, -0.2) is 42.0 Å². The first-order valence-corrected chi connectivity index (χ1v) is 24.8. The Morgan fingerprint density at radius 3 is 1.19 bits per heavy atom. The molecule has 6 nitrogen and oxygen atoms in total. The van der Waals surface area contributed by atoms with Gasteiger partial charge in [-0.25, -0.2) is 0 Å². The topological polar surface area (TPSA) is 22.8 Å². The molecule has 0 saturated heterocycles. The zero-order valence-corrected chi connectivity index (χ0v) is 39.6. The lowest BCUT2D eigenvalue weighted by molar-refractivity contribution is 0.829. The molecule has 2 aliphatic heterocycles. The van der Waals surface area contributed by atoms with Crippen molar-refractivity contribution in [2.45, 2.75) is 27.7 Å². The van der Waals surface area contributed by atoms with E-state index in [0.29, 0.717) is 0 Å². The predicted octanol–water partition coefficient (Wildman–Crippen LogP) is 13.7. The van der Waals surface area contributed by atoms with Crippen LogP contribution in [-0.2, 0) is 0 Å². The summed E-state index contributed by atoms with van der Waals surface area (Å²) in [6.45, 7) is 12.7. The summed E-state index contributed by atoms with van der Waals surface area (Å²) in [5.74, 6) is 2.44. The second kappa shape index (κ2) is 16.3. The van der Waals surface area contributed by atoms with Gasteiger partial charge in [-0.05, 0) is 151 Å². The third-order valence-corrected chi connectivity index (χ3v) is 15.0. The molecule has 0 saturated carbocycles. The van der Waals surface area contributed by atoms with Gasteiger partial charge >= 0.3 is 0 Å². The van der Waals surface area contributed by atoms with Crippen molar-refractivity contribution < 1.29 is 0 Å². The molecule has 0 aliphatic carbocycles. The van der Waals surface area contributed by atoms with Gasteiger partial charge in [-0.1, -0.05) is 115 Å².